The summed E-state index contributed by atoms with van der Waals surface area (Å²) in [6.07, 6.45) is 5.72. The molecule has 1 aromatic heterocycles. The number of halogens is 1. The molecule has 0 atom stereocenters. The molecule has 1 aliphatic rings. The molecular formula is C16H22ClN3. The summed E-state index contributed by atoms with van der Waals surface area (Å²) in [6.45, 7) is 2.27. The molecule has 2 N–H and O–H groups in total. The van der Waals surface area contributed by atoms with Gasteiger partial charge < -0.3 is 10.3 Å². The third kappa shape index (κ3) is 2.23. The molecule has 0 radical (unpaired) electrons. The number of aromatic nitrogens is 2. The average Bonchev–Trinajstić information content (AvgIpc) is 2.77. The Kier molecular flexibility index (Phi) is 3.51. The second-order valence-electron chi connectivity index (χ2n) is 6.14. The Morgan fingerprint density at radius 1 is 1.40 bits per heavy atom. The van der Waals surface area contributed by atoms with Gasteiger partial charge in [0.2, 0.25) is 0 Å². The monoisotopic (exact) mass is 291 g/mol. The summed E-state index contributed by atoms with van der Waals surface area (Å²) in [6, 6.07) is 5.85. The van der Waals surface area contributed by atoms with E-state index >= 15 is 0 Å². The zero-order valence-corrected chi connectivity index (χ0v) is 13.0. The Morgan fingerprint density at radius 3 is 2.75 bits per heavy atom. The first kappa shape index (κ1) is 13.9. The topological polar surface area (TPSA) is 43.8 Å². The Morgan fingerprint density at radius 2 is 2.10 bits per heavy atom. The Balaban J connectivity index is 1.99. The van der Waals surface area contributed by atoms with Crippen LogP contribution in [0.15, 0.2) is 18.2 Å². The molecule has 0 unspecified atom stereocenters. The highest BCUT2D eigenvalue weighted by atomic mass is 35.5. The van der Waals surface area contributed by atoms with Crippen LogP contribution in [0.1, 0.15) is 44.9 Å². The van der Waals surface area contributed by atoms with E-state index in [-0.39, 0.29) is 5.54 Å². The molecule has 0 saturated heterocycles. The minimum Gasteiger partial charge on any atom is -0.330 e. The smallest absolute Gasteiger partial charge is 0.129 e. The number of imidazole rings is 1. The van der Waals surface area contributed by atoms with Gasteiger partial charge >= 0.3 is 0 Å². The van der Waals surface area contributed by atoms with E-state index in [0.29, 0.717) is 0 Å². The first-order valence-corrected chi connectivity index (χ1v) is 7.82. The van der Waals surface area contributed by atoms with Crippen molar-refractivity contribution in [1.29, 1.82) is 0 Å². The molecule has 3 nitrogen and oxygen atoms in total. The van der Waals surface area contributed by atoms with Gasteiger partial charge in [0.15, 0.2) is 0 Å². The molecule has 0 spiro atoms. The first-order valence-electron chi connectivity index (χ1n) is 7.45. The molecular weight excluding hydrogens is 270 g/mol. The SMILES string of the molecule is CCC1CCC(N)(c2nc3cc(Cl)ccc3n2C)CC1. The lowest BCUT2D eigenvalue weighted by atomic mass is 9.75. The summed E-state index contributed by atoms with van der Waals surface area (Å²) in [5.74, 6) is 1.83. The second-order valence-corrected chi connectivity index (χ2v) is 6.57. The average molecular weight is 292 g/mol. The highest BCUT2D eigenvalue weighted by Gasteiger charge is 2.36. The number of aryl methyl sites for hydroxylation is 1. The Bertz CT molecular complexity index is 624. The van der Waals surface area contributed by atoms with Crippen LogP contribution in [0.2, 0.25) is 5.02 Å². The minimum atomic E-state index is -0.286. The van der Waals surface area contributed by atoms with Crippen LogP contribution in [-0.4, -0.2) is 9.55 Å². The molecule has 1 saturated carbocycles. The largest absolute Gasteiger partial charge is 0.330 e. The van der Waals surface area contributed by atoms with Crippen molar-refractivity contribution in [3.8, 4) is 0 Å². The molecule has 1 aliphatic carbocycles. The predicted molar refractivity (Wildman–Crippen MR) is 83.8 cm³/mol. The Hall–Kier alpha value is -1.06. The van der Waals surface area contributed by atoms with Gasteiger partial charge in [-0.2, -0.15) is 0 Å². The third-order valence-corrected chi connectivity index (χ3v) is 5.10. The van der Waals surface area contributed by atoms with Crippen LogP contribution in [0.4, 0.5) is 0 Å². The number of fused-ring (bicyclic) bond motifs is 1. The molecule has 2 aromatic rings. The summed E-state index contributed by atoms with van der Waals surface area (Å²) in [5.41, 5.74) is 8.44. The second kappa shape index (κ2) is 5.05. The summed E-state index contributed by atoms with van der Waals surface area (Å²) in [7, 11) is 2.05. The number of rotatable bonds is 2. The van der Waals surface area contributed by atoms with Gasteiger partial charge in [-0.25, -0.2) is 4.98 Å². The van der Waals surface area contributed by atoms with E-state index in [0.717, 1.165) is 40.6 Å². The maximum atomic E-state index is 6.68. The summed E-state index contributed by atoms with van der Waals surface area (Å²) in [4.78, 5) is 4.77. The normalized spacial score (nSPS) is 27.1. The first-order chi connectivity index (χ1) is 9.53. The van der Waals surface area contributed by atoms with Crippen molar-refractivity contribution < 1.29 is 0 Å². The fourth-order valence-electron chi connectivity index (χ4n) is 3.44. The van der Waals surface area contributed by atoms with Crippen LogP contribution >= 0.6 is 11.6 Å². The standard InChI is InChI=1S/C16H22ClN3/c1-3-11-6-8-16(18,9-7-11)15-19-13-10-12(17)4-5-14(13)20(15)2/h4-5,10-11H,3,6-9,18H2,1-2H3. The molecule has 1 fully saturated rings. The lowest BCUT2D eigenvalue weighted by molar-refractivity contribution is 0.219. The molecule has 0 bridgehead atoms. The molecule has 0 aliphatic heterocycles. The highest BCUT2D eigenvalue weighted by Crippen LogP contribution is 2.39. The van der Waals surface area contributed by atoms with Crippen LogP contribution in [-0.2, 0) is 12.6 Å². The number of hydrogen-bond donors (Lipinski definition) is 1. The lowest BCUT2D eigenvalue weighted by Crippen LogP contribution is -2.42. The van der Waals surface area contributed by atoms with Crippen molar-refractivity contribution in [2.24, 2.45) is 18.7 Å². The molecule has 0 amide bonds. The number of nitrogens with zero attached hydrogens (tertiary/aromatic N) is 2. The molecule has 1 heterocycles. The maximum Gasteiger partial charge on any atom is 0.129 e. The molecule has 108 valence electrons. The Labute approximate surface area is 125 Å². The fraction of sp³-hybridized carbons (Fsp3) is 0.562. The zero-order valence-electron chi connectivity index (χ0n) is 12.2. The minimum absolute atomic E-state index is 0.286. The third-order valence-electron chi connectivity index (χ3n) is 4.86. The molecule has 1 aromatic carbocycles. The van der Waals surface area contributed by atoms with Crippen LogP contribution in [0.25, 0.3) is 11.0 Å². The van der Waals surface area contributed by atoms with Crippen molar-refractivity contribution >= 4 is 22.6 Å². The van der Waals surface area contributed by atoms with Gasteiger partial charge in [-0.05, 0) is 49.8 Å². The quantitative estimate of drug-likeness (QED) is 0.909. The van der Waals surface area contributed by atoms with Crippen molar-refractivity contribution in [3.63, 3.8) is 0 Å². The van der Waals surface area contributed by atoms with Gasteiger partial charge in [-0.3, -0.25) is 0 Å². The lowest BCUT2D eigenvalue weighted by Gasteiger charge is -2.36. The van der Waals surface area contributed by atoms with Gasteiger partial charge in [-0.1, -0.05) is 24.9 Å². The van der Waals surface area contributed by atoms with E-state index in [1.807, 2.05) is 18.2 Å². The molecule has 20 heavy (non-hydrogen) atoms. The van der Waals surface area contributed by atoms with Crippen LogP contribution in [0, 0.1) is 5.92 Å². The van der Waals surface area contributed by atoms with Gasteiger partial charge in [0.1, 0.15) is 5.82 Å². The zero-order chi connectivity index (χ0) is 14.3. The van der Waals surface area contributed by atoms with E-state index in [1.54, 1.807) is 0 Å². The summed E-state index contributed by atoms with van der Waals surface area (Å²) in [5, 5.41) is 0.725. The van der Waals surface area contributed by atoms with Gasteiger partial charge in [0, 0.05) is 12.1 Å². The van der Waals surface area contributed by atoms with Gasteiger partial charge in [-0.15, -0.1) is 0 Å². The fourth-order valence-corrected chi connectivity index (χ4v) is 3.61. The highest BCUT2D eigenvalue weighted by molar-refractivity contribution is 6.31. The number of nitrogens with two attached hydrogens (primary N) is 1. The number of benzene rings is 1. The van der Waals surface area contributed by atoms with Crippen LogP contribution in [0.5, 0.6) is 0 Å². The van der Waals surface area contributed by atoms with E-state index < -0.39 is 0 Å². The van der Waals surface area contributed by atoms with E-state index in [1.165, 1.54) is 19.3 Å². The summed E-state index contributed by atoms with van der Waals surface area (Å²) < 4.78 is 2.14. The molecule has 3 rings (SSSR count). The summed E-state index contributed by atoms with van der Waals surface area (Å²) >= 11 is 6.06. The number of hydrogen-bond acceptors (Lipinski definition) is 2. The van der Waals surface area contributed by atoms with Crippen molar-refractivity contribution in [2.45, 2.75) is 44.6 Å². The van der Waals surface area contributed by atoms with Crippen molar-refractivity contribution in [3.05, 3.63) is 29.0 Å². The van der Waals surface area contributed by atoms with E-state index in [9.17, 15) is 0 Å². The van der Waals surface area contributed by atoms with E-state index in [2.05, 4.69) is 18.5 Å². The predicted octanol–water partition coefficient (Wildman–Crippen LogP) is 3.98. The van der Waals surface area contributed by atoms with Crippen LogP contribution in [0.3, 0.4) is 0 Å². The van der Waals surface area contributed by atoms with Crippen molar-refractivity contribution in [1.82, 2.24) is 9.55 Å². The van der Waals surface area contributed by atoms with Crippen molar-refractivity contribution in [2.75, 3.05) is 0 Å². The van der Waals surface area contributed by atoms with Gasteiger partial charge in [0.05, 0.1) is 16.6 Å². The van der Waals surface area contributed by atoms with Gasteiger partial charge in [0.25, 0.3) is 0 Å². The van der Waals surface area contributed by atoms with E-state index in [4.69, 9.17) is 22.3 Å². The van der Waals surface area contributed by atoms with Crippen LogP contribution < -0.4 is 5.73 Å². The maximum absolute atomic E-state index is 6.68. The molecule has 4 heteroatoms.